The lowest BCUT2D eigenvalue weighted by molar-refractivity contribution is 0.598. The average Bonchev–Trinajstić information content (AvgIpc) is 1.88. The molecule has 48 valence electrons. The molecule has 0 saturated heterocycles. The van der Waals surface area contributed by atoms with Gasteiger partial charge in [0, 0.05) is 5.70 Å². The molecule has 0 aromatic heterocycles. The highest BCUT2D eigenvalue weighted by atomic mass is 14.9. The second kappa shape index (κ2) is 2.54. The van der Waals surface area contributed by atoms with E-state index in [1.165, 1.54) is 0 Å². The maximum Gasteiger partial charge on any atom is 0.114 e. The number of nitrogens with zero attached hydrogens (tertiary/aromatic N) is 1. The van der Waals surface area contributed by atoms with Crippen LogP contribution in [0, 0.1) is 11.3 Å². The zero-order valence-corrected chi connectivity index (χ0v) is 5.52. The molecule has 0 aromatic carbocycles. The van der Waals surface area contributed by atoms with Gasteiger partial charge in [0.1, 0.15) is 6.04 Å². The Morgan fingerprint density at radius 2 is 2.67 bits per heavy atom. The van der Waals surface area contributed by atoms with Crippen LogP contribution in [0.2, 0.25) is 0 Å². The van der Waals surface area contributed by atoms with E-state index < -0.39 is 0 Å². The molecular weight excluding hydrogens is 112 g/mol. The summed E-state index contributed by atoms with van der Waals surface area (Å²) in [6, 6.07) is 2.23. The van der Waals surface area contributed by atoms with Gasteiger partial charge in [-0.25, -0.2) is 0 Å². The maximum absolute atomic E-state index is 8.47. The quantitative estimate of drug-likeness (QED) is 0.523. The summed E-state index contributed by atoms with van der Waals surface area (Å²) in [6.45, 7) is 1.99. The fourth-order valence-corrected chi connectivity index (χ4v) is 0.969. The molecule has 0 spiro atoms. The Balaban J connectivity index is 2.51. The van der Waals surface area contributed by atoms with Gasteiger partial charge in [0.05, 0.1) is 6.07 Å². The molecule has 0 amide bonds. The predicted octanol–water partition coefficient (Wildman–Crippen LogP) is 1.17. The molecule has 9 heavy (non-hydrogen) atoms. The van der Waals surface area contributed by atoms with Gasteiger partial charge in [-0.15, -0.1) is 0 Å². The molecule has 1 rings (SSSR count). The minimum Gasteiger partial charge on any atom is -0.374 e. The lowest BCUT2D eigenvalue weighted by atomic mass is 10.1. The monoisotopic (exact) mass is 122 g/mol. The van der Waals surface area contributed by atoms with Gasteiger partial charge in [-0.05, 0) is 19.8 Å². The first-order valence-corrected chi connectivity index (χ1v) is 3.16. The summed E-state index contributed by atoms with van der Waals surface area (Å²) in [4.78, 5) is 0. The van der Waals surface area contributed by atoms with Gasteiger partial charge in [0.2, 0.25) is 0 Å². The first-order valence-electron chi connectivity index (χ1n) is 3.16. The van der Waals surface area contributed by atoms with E-state index in [0.29, 0.717) is 0 Å². The van der Waals surface area contributed by atoms with Crippen LogP contribution < -0.4 is 5.32 Å². The first kappa shape index (κ1) is 6.15. The normalized spacial score (nSPS) is 25.8. The number of hydrogen-bond acceptors (Lipinski definition) is 2. The topological polar surface area (TPSA) is 35.8 Å². The maximum atomic E-state index is 8.47. The molecule has 1 heterocycles. The highest BCUT2D eigenvalue weighted by Gasteiger charge is 2.08. The molecule has 0 radical (unpaired) electrons. The van der Waals surface area contributed by atoms with Crippen molar-refractivity contribution in [1.29, 1.82) is 5.26 Å². The zero-order valence-electron chi connectivity index (χ0n) is 5.52. The highest BCUT2D eigenvalue weighted by Crippen LogP contribution is 2.07. The lowest BCUT2D eigenvalue weighted by Gasteiger charge is -2.16. The highest BCUT2D eigenvalue weighted by molar-refractivity contribution is 5.07. The van der Waals surface area contributed by atoms with E-state index >= 15 is 0 Å². The Morgan fingerprint density at radius 3 is 3.11 bits per heavy atom. The Kier molecular flexibility index (Phi) is 1.74. The number of nitriles is 1. The summed E-state index contributed by atoms with van der Waals surface area (Å²) in [5.41, 5.74) is 1.13. The van der Waals surface area contributed by atoms with Crippen molar-refractivity contribution in [3.63, 3.8) is 0 Å². The van der Waals surface area contributed by atoms with Crippen LogP contribution in [0.4, 0.5) is 0 Å². The SMILES string of the molecule is CC1=CCCC(C#N)N1. The van der Waals surface area contributed by atoms with Gasteiger partial charge in [0.25, 0.3) is 0 Å². The largest absolute Gasteiger partial charge is 0.374 e. The van der Waals surface area contributed by atoms with Crippen molar-refractivity contribution in [2.75, 3.05) is 0 Å². The van der Waals surface area contributed by atoms with Crippen molar-refractivity contribution in [3.05, 3.63) is 11.8 Å². The van der Waals surface area contributed by atoms with Crippen molar-refractivity contribution < 1.29 is 0 Å². The smallest absolute Gasteiger partial charge is 0.114 e. The van der Waals surface area contributed by atoms with Gasteiger partial charge in [-0.2, -0.15) is 5.26 Å². The van der Waals surface area contributed by atoms with Gasteiger partial charge in [-0.3, -0.25) is 0 Å². The molecule has 1 unspecified atom stereocenters. The van der Waals surface area contributed by atoms with E-state index in [4.69, 9.17) is 5.26 Å². The fourth-order valence-electron chi connectivity index (χ4n) is 0.969. The number of allylic oxidation sites excluding steroid dienone is 2. The van der Waals surface area contributed by atoms with Crippen LogP contribution in [0.25, 0.3) is 0 Å². The minimum absolute atomic E-state index is 0.0509. The van der Waals surface area contributed by atoms with Crippen molar-refractivity contribution in [3.8, 4) is 6.07 Å². The second-order valence-corrected chi connectivity index (χ2v) is 2.29. The molecule has 1 atom stereocenters. The standard InChI is InChI=1S/C7H10N2/c1-6-3-2-4-7(5-8)9-6/h3,7,9H,2,4H2,1H3. The van der Waals surface area contributed by atoms with Gasteiger partial charge >= 0.3 is 0 Å². The third kappa shape index (κ3) is 1.46. The Labute approximate surface area is 55.2 Å². The molecule has 1 aliphatic rings. The third-order valence-electron chi connectivity index (χ3n) is 1.46. The lowest BCUT2D eigenvalue weighted by Crippen LogP contribution is -2.28. The molecule has 0 bridgehead atoms. The molecular formula is C7H10N2. The molecule has 0 fully saturated rings. The van der Waals surface area contributed by atoms with Crippen molar-refractivity contribution in [2.45, 2.75) is 25.8 Å². The van der Waals surface area contributed by atoms with E-state index in [2.05, 4.69) is 17.5 Å². The van der Waals surface area contributed by atoms with Crippen LogP contribution in [-0.2, 0) is 0 Å². The van der Waals surface area contributed by atoms with E-state index in [0.717, 1.165) is 18.5 Å². The van der Waals surface area contributed by atoms with Gasteiger partial charge < -0.3 is 5.32 Å². The summed E-state index contributed by atoms with van der Waals surface area (Å²) in [5.74, 6) is 0. The first-order chi connectivity index (χ1) is 4.33. The summed E-state index contributed by atoms with van der Waals surface area (Å²) in [5, 5.41) is 11.5. The predicted molar refractivity (Wildman–Crippen MR) is 35.5 cm³/mol. The number of hydrogen-bond donors (Lipinski definition) is 1. The Hall–Kier alpha value is -0.970. The summed E-state index contributed by atoms with van der Waals surface area (Å²) >= 11 is 0. The molecule has 1 aliphatic heterocycles. The fraction of sp³-hybridized carbons (Fsp3) is 0.571. The van der Waals surface area contributed by atoms with E-state index in [-0.39, 0.29) is 6.04 Å². The molecule has 2 nitrogen and oxygen atoms in total. The van der Waals surface area contributed by atoms with E-state index in [9.17, 15) is 0 Å². The molecule has 0 saturated carbocycles. The second-order valence-electron chi connectivity index (χ2n) is 2.29. The van der Waals surface area contributed by atoms with Crippen LogP contribution in [0.1, 0.15) is 19.8 Å². The molecule has 0 aliphatic carbocycles. The van der Waals surface area contributed by atoms with Crippen LogP contribution in [0.5, 0.6) is 0 Å². The van der Waals surface area contributed by atoms with E-state index in [1.54, 1.807) is 0 Å². The summed E-state index contributed by atoms with van der Waals surface area (Å²) in [6.07, 6.45) is 4.11. The number of nitrogens with one attached hydrogen (secondary N) is 1. The molecule has 0 aromatic rings. The average molecular weight is 122 g/mol. The number of rotatable bonds is 0. The zero-order chi connectivity index (χ0) is 6.69. The van der Waals surface area contributed by atoms with Gasteiger partial charge in [-0.1, -0.05) is 6.08 Å². The van der Waals surface area contributed by atoms with E-state index in [1.807, 2.05) is 6.92 Å². The van der Waals surface area contributed by atoms with Crippen LogP contribution >= 0.6 is 0 Å². The summed E-state index contributed by atoms with van der Waals surface area (Å²) in [7, 11) is 0. The Bertz CT molecular complexity index is 164. The van der Waals surface area contributed by atoms with Crippen molar-refractivity contribution >= 4 is 0 Å². The van der Waals surface area contributed by atoms with Crippen LogP contribution in [0.15, 0.2) is 11.8 Å². The third-order valence-corrected chi connectivity index (χ3v) is 1.46. The van der Waals surface area contributed by atoms with Crippen LogP contribution in [-0.4, -0.2) is 6.04 Å². The summed E-state index contributed by atoms with van der Waals surface area (Å²) < 4.78 is 0. The Morgan fingerprint density at radius 1 is 1.89 bits per heavy atom. The van der Waals surface area contributed by atoms with Crippen molar-refractivity contribution in [2.24, 2.45) is 0 Å². The minimum atomic E-state index is 0.0509. The molecule has 2 heteroatoms. The van der Waals surface area contributed by atoms with Gasteiger partial charge in [0.15, 0.2) is 0 Å². The van der Waals surface area contributed by atoms with Crippen molar-refractivity contribution in [1.82, 2.24) is 5.32 Å². The van der Waals surface area contributed by atoms with Crippen LogP contribution in [0.3, 0.4) is 0 Å². The molecule has 1 N–H and O–H groups in total.